The molecule has 11 heteroatoms. The minimum atomic E-state index is -4.54. The molecule has 5 rings (SSSR count). The molecule has 1 aliphatic carbocycles. The first-order chi connectivity index (χ1) is 18.5. The number of hydrogen-bond acceptors (Lipinski definition) is 5. The van der Waals surface area contributed by atoms with E-state index in [1.807, 2.05) is 29.5 Å². The molecule has 0 saturated carbocycles. The minimum Gasteiger partial charge on any atom is -0.341 e. The monoisotopic (exact) mass is 559 g/mol. The quantitative estimate of drug-likeness (QED) is 0.416. The zero-order valence-corrected chi connectivity index (χ0v) is 23.1. The van der Waals surface area contributed by atoms with Crippen molar-refractivity contribution in [3.05, 3.63) is 68.9 Å². The van der Waals surface area contributed by atoms with Gasteiger partial charge in [-0.25, -0.2) is 4.98 Å². The summed E-state index contributed by atoms with van der Waals surface area (Å²) in [4.78, 5) is 34.4. The molecule has 0 spiro atoms. The van der Waals surface area contributed by atoms with Crippen LogP contribution >= 0.6 is 11.3 Å². The molecule has 0 unspecified atom stereocenters. The van der Waals surface area contributed by atoms with E-state index in [-0.39, 0.29) is 30.3 Å². The Morgan fingerprint density at radius 3 is 2.56 bits per heavy atom. The molecule has 2 aromatic heterocycles. The Balaban J connectivity index is 1.19. The van der Waals surface area contributed by atoms with E-state index in [0.717, 1.165) is 28.6 Å². The minimum absolute atomic E-state index is 0.00693. The number of carbonyl (C=O) groups is 2. The number of aryl methyl sites for hydroxylation is 2. The van der Waals surface area contributed by atoms with Gasteiger partial charge in [-0.3, -0.25) is 14.3 Å². The van der Waals surface area contributed by atoms with Gasteiger partial charge in [0.05, 0.1) is 11.0 Å². The van der Waals surface area contributed by atoms with Crippen molar-refractivity contribution in [1.29, 1.82) is 0 Å². The van der Waals surface area contributed by atoms with Crippen LogP contribution in [0.15, 0.2) is 35.7 Å². The van der Waals surface area contributed by atoms with E-state index in [1.54, 1.807) is 4.90 Å². The number of nitrogens with zero attached hydrogens (tertiary/aromatic N) is 5. The van der Waals surface area contributed by atoms with Gasteiger partial charge < -0.3 is 9.80 Å². The average Bonchev–Trinajstić information content (AvgIpc) is 3.55. The lowest BCUT2D eigenvalue weighted by atomic mass is 9.80. The normalized spacial score (nSPS) is 20.1. The summed E-state index contributed by atoms with van der Waals surface area (Å²) in [7, 11) is 1.85. The fourth-order valence-electron chi connectivity index (χ4n) is 5.78. The van der Waals surface area contributed by atoms with E-state index in [4.69, 9.17) is 4.98 Å². The van der Waals surface area contributed by atoms with Crippen LogP contribution in [0.4, 0.5) is 13.2 Å². The molecule has 208 valence electrons. The van der Waals surface area contributed by atoms with E-state index >= 15 is 0 Å². The molecule has 1 aliphatic heterocycles. The second-order valence-electron chi connectivity index (χ2n) is 10.6. The van der Waals surface area contributed by atoms with E-state index < -0.39 is 11.9 Å². The molecule has 3 heterocycles. The summed E-state index contributed by atoms with van der Waals surface area (Å²) >= 11 is 1.47. The maximum Gasteiger partial charge on any atom is 0.435 e. The molecule has 2 aliphatic rings. The smallest absolute Gasteiger partial charge is 0.341 e. The summed E-state index contributed by atoms with van der Waals surface area (Å²) < 4.78 is 39.9. The van der Waals surface area contributed by atoms with E-state index in [2.05, 4.69) is 24.2 Å². The molecule has 2 atom stereocenters. The van der Waals surface area contributed by atoms with Crippen molar-refractivity contribution in [2.45, 2.75) is 64.2 Å². The van der Waals surface area contributed by atoms with Crippen LogP contribution in [-0.2, 0) is 23.9 Å². The molecule has 1 fully saturated rings. The molecular weight excluding hydrogens is 527 g/mol. The van der Waals surface area contributed by atoms with Crippen LogP contribution in [0.1, 0.15) is 76.2 Å². The predicted octanol–water partition coefficient (Wildman–Crippen LogP) is 5.47. The Hall–Kier alpha value is -3.21. The van der Waals surface area contributed by atoms with Crippen LogP contribution in [0.2, 0.25) is 0 Å². The number of piperidine rings is 1. The number of rotatable bonds is 5. The first kappa shape index (κ1) is 27.4. The van der Waals surface area contributed by atoms with Crippen molar-refractivity contribution in [3.63, 3.8) is 0 Å². The van der Waals surface area contributed by atoms with Crippen molar-refractivity contribution in [1.82, 2.24) is 24.6 Å². The van der Waals surface area contributed by atoms with Gasteiger partial charge in [0.25, 0.3) is 5.91 Å². The van der Waals surface area contributed by atoms with Crippen LogP contribution in [0.5, 0.6) is 0 Å². The van der Waals surface area contributed by atoms with E-state index in [0.29, 0.717) is 43.2 Å². The molecule has 0 radical (unpaired) electrons. The summed E-state index contributed by atoms with van der Waals surface area (Å²) in [5, 5.41) is 6.27. The Kier molecular flexibility index (Phi) is 7.54. The second-order valence-corrected chi connectivity index (χ2v) is 11.5. The van der Waals surface area contributed by atoms with Gasteiger partial charge in [0.2, 0.25) is 5.91 Å². The zero-order valence-electron chi connectivity index (χ0n) is 22.2. The fourth-order valence-corrected chi connectivity index (χ4v) is 6.75. The SMILES string of the molecule is Cc1cc(C(F)(F)F)nn1CC(=O)N1CCC(c2nc(C(=O)N(C)[C@H]3c4ccccc4CC[C@@H]3C)cs2)CC1. The zero-order chi connectivity index (χ0) is 27.9. The van der Waals surface area contributed by atoms with Gasteiger partial charge in [0, 0.05) is 37.1 Å². The number of carbonyl (C=O) groups excluding carboxylic acids is 2. The third-order valence-electron chi connectivity index (χ3n) is 8.01. The third kappa shape index (κ3) is 5.59. The lowest BCUT2D eigenvalue weighted by Crippen LogP contribution is -2.40. The number of hydrogen-bond donors (Lipinski definition) is 0. The number of likely N-dealkylation sites (tertiary alicyclic amines) is 1. The number of fused-ring (bicyclic) bond motifs is 1. The van der Waals surface area contributed by atoms with E-state index in [9.17, 15) is 22.8 Å². The Bertz CT molecular complexity index is 1360. The lowest BCUT2D eigenvalue weighted by molar-refractivity contribution is -0.142. The topological polar surface area (TPSA) is 71.3 Å². The van der Waals surface area contributed by atoms with Gasteiger partial charge in [0.1, 0.15) is 12.2 Å². The molecule has 3 aromatic rings. The van der Waals surface area contributed by atoms with Crippen LogP contribution in [-0.4, -0.2) is 56.5 Å². The molecule has 2 amide bonds. The highest BCUT2D eigenvalue weighted by atomic mass is 32.1. The van der Waals surface area contributed by atoms with Gasteiger partial charge in [0.15, 0.2) is 5.69 Å². The third-order valence-corrected chi connectivity index (χ3v) is 9.02. The maximum atomic E-state index is 13.4. The highest BCUT2D eigenvalue weighted by molar-refractivity contribution is 7.09. The van der Waals surface area contributed by atoms with Crippen molar-refractivity contribution >= 4 is 23.2 Å². The Morgan fingerprint density at radius 2 is 1.87 bits per heavy atom. The number of benzene rings is 1. The Morgan fingerprint density at radius 1 is 1.15 bits per heavy atom. The fraction of sp³-hybridized carbons (Fsp3) is 0.500. The molecule has 1 aromatic carbocycles. The summed E-state index contributed by atoms with van der Waals surface area (Å²) in [5.41, 5.74) is 2.25. The summed E-state index contributed by atoms with van der Waals surface area (Å²) in [6.07, 6.45) is -1.13. The highest BCUT2D eigenvalue weighted by Crippen LogP contribution is 2.39. The van der Waals surface area contributed by atoms with E-state index in [1.165, 1.54) is 29.4 Å². The average molecular weight is 560 g/mol. The van der Waals surface area contributed by atoms with Crippen molar-refractivity contribution in [2.75, 3.05) is 20.1 Å². The number of halogens is 3. The summed E-state index contributed by atoms with van der Waals surface area (Å²) in [5.74, 6) is 0.126. The van der Waals surface area contributed by atoms with Gasteiger partial charge >= 0.3 is 6.18 Å². The number of amides is 2. The lowest BCUT2D eigenvalue weighted by Gasteiger charge is -2.37. The number of alkyl halides is 3. The van der Waals surface area contributed by atoms with Crippen molar-refractivity contribution < 1.29 is 22.8 Å². The molecule has 1 saturated heterocycles. The van der Waals surface area contributed by atoms with Crippen LogP contribution in [0.3, 0.4) is 0 Å². The van der Waals surface area contributed by atoms with Crippen molar-refractivity contribution in [2.24, 2.45) is 5.92 Å². The largest absolute Gasteiger partial charge is 0.435 e. The van der Waals surface area contributed by atoms with Gasteiger partial charge in [-0.1, -0.05) is 31.2 Å². The highest BCUT2D eigenvalue weighted by Gasteiger charge is 2.36. The standard InChI is InChI=1S/C28H32F3N5O2S/c1-17-8-9-19-6-4-5-7-21(19)25(17)34(3)27(38)22-16-39-26(32-22)20-10-12-35(13-11-20)24(37)15-36-18(2)14-23(33-36)28(29,30)31/h4-7,14,16-17,20,25H,8-13,15H2,1-3H3/t17-,25+/m0/s1. The van der Waals surface area contributed by atoms with Crippen molar-refractivity contribution in [3.8, 4) is 0 Å². The first-order valence-corrected chi connectivity index (χ1v) is 14.1. The molecule has 7 nitrogen and oxygen atoms in total. The van der Waals surface area contributed by atoms with Gasteiger partial charge in [-0.15, -0.1) is 11.3 Å². The summed E-state index contributed by atoms with van der Waals surface area (Å²) in [6.45, 7) is 4.44. The van der Waals surface area contributed by atoms with Gasteiger partial charge in [-0.05, 0) is 55.7 Å². The summed E-state index contributed by atoms with van der Waals surface area (Å²) in [6, 6.07) is 9.28. The predicted molar refractivity (Wildman–Crippen MR) is 141 cm³/mol. The van der Waals surface area contributed by atoms with Crippen LogP contribution in [0, 0.1) is 12.8 Å². The molecule has 0 N–H and O–H groups in total. The van der Waals surface area contributed by atoms with Gasteiger partial charge in [-0.2, -0.15) is 18.3 Å². The first-order valence-electron chi connectivity index (χ1n) is 13.2. The Labute approximate surface area is 229 Å². The molecule has 0 bridgehead atoms. The maximum absolute atomic E-state index is 13.4. The van der Waals surface area contributed by atoms with Crippen LogP contribution < -0.4 is 0 Å². The second kappa shape index (κ2) is 10.7. The molecular formula is C28H32F3N5O2S. The molecule has 39 heavy (non-hydrogen) atoms. The number of aromatic nitrogens is 3. The van der Waals surface area contributed by atoms with Crippen LogP contribution in [0.25, 0.3) is 0 Å². The number of thiazole rings is 1.